The third-order valence-electron chi connectivity index (χ3n) is 8.27. The van der Waals surface area contributed by atoms with E-state index in [1.165, 1.54) is 32.5 Å². The Balaban J connectivity index is 1.37. The molecule has 12 nitrogen and oxygen atoms in total. The fourth-order valence-electron chi connectivity index (χ4n) is 5.88. The zero-order chi connectivity index (χ0) is 32.8. The van der Waals surface area contributed by atoms with Gasteiger partial charge in [-0.1, -0.05) is 6.92 Å². The van der Waals surface area contributed by atoms with E-state index < -0.39 is 29.7 Å². The molecule has 2 saturated heterocycles. The number of halogens is 2. The van der Waals surface area contributed by atoms with E-state index in [4.69, 9.17) is 24.7 Å². The number of carbonyl (C=O) groups is 2. The van der Waals surface area contributed by atoms with Gasteiger partial charge in [0.1, 0.15) is 40.6 Å². The van der Waals surface area contributed by atoms with Gasteiger partial charge in [-0.05, 0) is 30.5 Å². The van der Waals surface area contributed by atoms with E-state index in [1.807, 2.05) is 11.8 Å². The van der Waals surface area contributed by atoms with Crippen LogP contribution in [0.5, 0.6) is 11.5 Å². The molecular weight excluding hydrogens is 602 g/mol. The summed E-state index contributed by atoms with van der Waals surface area (Å²) in [4.78, 5) is 35.8. The summed E-state index contributed by atoms with van der Waals surface area (Å²) in [5.74, 6) is -2.07. The van der Waals surface area contributed by atoms with E-state index in [0.717, 1.165) is 18.6 Å². The van der Waals surface area contributed by atoms with E-state index in [-0.39, 0.29) is 46.5 Å². The molecule has 0 radical (unpaired) electrons. The number of hydrogen-bond donors (Lipinski definition) is 3. The van der Waals surface area contributed by atoms with Crippen LogP contribution < -0.4 is 30.7 Å². The SMILES string of the molecule is CCC1CN(c2ccncc2NC(=O)c2ccc(F)c(-c3c(F)cc(OC4CCOCC4)cc3OC)n2)CC(N)C1NC(=O)OC. The third kappa shape index (κ3) is 7.29. The fraction of sp³-hybridized carbons (Fsp3) is 0.438. The normalized spacial score (nSPS) is 20.1. The lowest BCUT2D eigenvalue weighted by Gasteiger charge is -2.43. The number of rotatable bonds is 9. The highest BCUT2D eigenvalue weighted by Gasteiger charge is 2.36. The second-order valence-corrected chi connectivity index (χ2v) is 11.2. The van der Waals surface area contributed by atoms with Crippen LogP contribution in [0.2, 0.25) is 0 Å². The van der Waals surface area contributed by atoms with E-state index in [9.17, 15) is 9.59 Å². The molecule has 3 atom stereocenters. The molecule has 2 aromatic heterocycles. The molecule has 2 aliphatic heterocycles. The van der Waals surface area contributed by atoms with Crippen LogP contribution in [0.25, 0.3) is 11.3 Å². The molecule has 4 N–H and O–H groups in total. The zero-order valence-corrected chi connectivity index (χ0v) is 25.9. The van der Waals surface area contributed by atoms with E-state index in [0.29, 0.717) is 50.5 Å². The Labute approximate surface area is 265 Å². The monoisotopic (exact) mass is 640 g/mol. The third-order valence-corrected chi connectivity index (χ3v) is 8.27. The first-order valence-corrected chi connectivity index (χ1v) is 15.1. The van der Waals surface area contributed by atoms with Crippen molar-refractivity contribution in [2.24, 2.45) is 11.7 Å². The van der Waals surface area contributed by atoms with Crippen LogP contribution in [0.15, 0.2) is 42.7 Å². The first-order valence-electron chi connectivity index (χ1n) is 15.1. The van der Waals surface area contributed by atoms with Crippen LogP contribution >= 0.6 is 0 Å². The molecular formula is C32H38F2N6O6. The van der Waals surface area contributed by atoms with Crippen molar-refractivity contribution in [3.8, 4) is 22.8 Å². The van der Waals surface area contributed by atoms with Crippen molar-refractivity contribution in [2.75, 3.05) is 50.7 Å². The Morgan fingerprint density at radius 1 is 1.11 bits per heavy atom. The van der Waals surface area contributed by atoms with Crippen molar-refractivity contribution in [1.29, 1.82) is 0 Å². The first-order chi connectivity index (χ1) is 22.2. The minimum Gasteiger partial charge on any atom is -0.496 e. The number of amides is 2. The molecule has 14 heteroatoms. The van der Waals surface area contributed by atoms with Crippen LogP contribution in [0, 0.1) is 17.6 Å². The minimum atomic E-state index is -0.836. The first kappa shape index (κ1) is 32.8. The van der Waals surface area contributed by atoms with E-state index in [2.05, 4.69) is 20.6 Å². The van der Waals surface area contributed by atoms with Crippen molar-refractivity contribution < 1.29 is 37.3 Å². The van der Waals surface area contributed by atoms with Gasteiger partial charge in [-0.3, -0.25) is 9.78 Å². The number of pyridine rings is 2. The number of aromatic nitrogens is 2. The zero-order valence-electron chi connectivity index (χ0n) is 25.9. The molecule has 2 amide bonds. The molecule has 3 unspecified atom stereocenters. The molecule has 0 saturated carbocycles. The van der Waals surface area contributed by atoms with Gasteiger partial charge in [-0.25, -0.2) is 18.6 Å². The molecule has 4 heterocycles. The van der Waals surface area contributed by atoms with Gasteiger partial charge in [-0.15, -0.1) is 0 Å². The minimum absolute atomic E-state index is 0.000706. The summed E-state index contributed by atoms with van der Waals surface area (Å²) in [6, 6.07) is 5.92. The van der Waals surface area contributed by atoms with Crippen LogP contribution in [0.1, 0.15) is 36.7 Å². The molecule has 3 aromatic rings. The van der Waals surface area contributed by atoms with Gasteiger partial charge in [0.05, 0.1) is 56.6 Å². The van der Waals surface area contributed by atoms with E-state index in [1.54, 1.807) is 12.3 Å². The smallest absolute Gasteiger partial charge is 0.407 e. The summed E-state index contributed by atoms with van der Waals surface area (Å²) in [7, 11) is 2.63. The second-order valence-electron chi connectivity index (χ2n) is 11.2. The Hall–Kier alpha value is -4.56. The van der Waals surface area contributed by atoms with Gasteiger partial charge in [-0.2, -0.15) is 0 Å². The van der Waals surface area contributed by atoms with Gasteiger partial charge in [0.2, 0.25) is 0 Å². The molecule has 2 aliphatic rings. The summed E-state index contributed by atoms with van der Waals surface area (Å²) in [6.45, 7) is 4.02. The van der Waals surface area contributed by atoms with Gasteiger partial charge >= 0.3 is 6.09 Å². The summed E-state index contributed by atoms with van der Waals surface area (Å²) in [6.07, 6.45) is 4.44. The van der Waals surface area contributed by atoms with Crippen molar-refractivity contribution >= 4 is 23.4 Å². The number of piperidine rings is 1. The number of methoxy groups -OCH3 is 2. The molecule has 1 aromatic carbocycles. The summed E-state index contributed by atoms with van der Waals surface area (Å²) < 4.78 is 52.1. The summed E-state index contributed by atoms with van der Waals surface area (Å²) in [5, 5.41) is 5.64. The maximum atomic E-state index is 15.5. The predicted molar refractivity (Wildman–Crippen MR) is 166 cm³/mol. The van der Waals surface area contributed by atoms with Gasteiger partial charge in [0.25, 0.3) is 5.91 Å². The molecule has 246 valence electrons. The van der Waals surface area contributed by atoms with Crippen molar-refractivity contribution in [2.45, 2.75) is 44.4 Å². The standard InChI is InChI=1S/C32H38F2N6O6/c1-4-18-16-40(17-23(35)29(18)39-32(42)44-3)26-7-10-36-15-25(26)38-31(41)24-6-5-21(33)30(37-24)28-22(34)13-20(14-27(28)43-2)46-19-8-11-45-12-9-19/h5-7,10,13-15,18-19,23,29H,4,8-9,11-12,16-17,35H2,1-3H3,(H,38,41)(H,39,42). The molecule has 0 spiro atoms. The van der Waals surface area contributed by atoms with Crippen molar-refractivity contribution in [3.05, 3.63) is 60.1 Å². The maximum absolute atomic E-state index is 15.5. The van der Waals surface area contributed by atoms with Gasteiger partial charge < -0.3 is 40.2 Å². The molecule has 0 aliphatic carbocycles. The second kappa shape index (κ2) is 14.7. The highest BCUT2D eigenvalue weighted by Crippen LogP contribution is 2.38. The summed E-state index contributed by atoms with van der Waals surface area (Å²) in [5.41, 5.74) is 6.74. The Morgan fingerprint density at radius 2 is 1.89 bits per heavy atom. The van der Waals surface area contributed by atoms with Crippen molar-refractivity contribution in [1.82, 2.24) is 15.3 Å². The van der Waals surface area contributed by atoms with Gasteiger partial charge in [0.15, 0.2) is 0 Å². The van der Waals surface area contributed by atoms with Crippen LogP contribution in [-0.4, -0.2) is 80.7 Å². The molecule has 2 fully saturated rings. The number of alkyl carbamates (subject to hydrolysis) is 1. The number of anilines is 2. The lowest BCUT2D eigenvalue weighted by Crippen LogP contribution is -2.62. The van der Waals surface area contributed by atoms with Crippen LogP contribution in [0.4, 0.5) is 25.0 Å². The average Bonchev–Trinajstić information content (AvgIpc) is 3.06. The van der Waals surface area contributed by atoms with Gasteiger partial charge in [0, 0.05) is 50.3 Å². The number of benzene rings is 1. The molecule has 5 rings (SSSR count). The predicted octanol–water partition coefficient (Wildman–Crippen LogP) is 4.14. The average molecular weight is 641 g/mol. The van der Waals surface area contributed by atoms with Crippen LogP contribution in [-0.2, 0) is 9.47 Å². The lowest BCUT2D eigenvalue weighted by molar-refractivity contribution is 0.0254. The topological polar surface area (TPSA) is 150 Å². The Morgan fingerprint density at radius 3 is 2.61 bits per heavy atom. The number of carbonyl (C=O) groups excluding carboxylic acids is 2. The maximum Gasteiger partial charge on any atom is 0.407 e. The largest absolute Gasteiger partial charge is 0.496 e. The Kier molecular flexibility index (Phi) is 10.5. The number of nitrogens with two attached hydrogens (primary N) is 1. The van der Waals surface area contributed by atoms with Crippen molar-refractivity contribution in [3.63, 3.8) is 0 Å². The quantitative estimate of drug-likeness (QED) is 0.312. The number of hydrogen-bond acceptors (Lipinski definition) is 10. The lowest BCUT2D eigenvalue weighted by atomic mass is 9.86. The van der Waals surface area contributed by atoms with E-state index >= 15 is 8.78 Å². The Bertz CT molecular complexity index is 1560. The number of ether oxygens (including phenoxy) is 4. The highest BCUT2D eigenvalue weighted by atomic mass is 19.1. The highest BCUT2D eigenvalue weighted by molar-refractivity contribution is 6.05. The fourth-order valence-corrected chi connectivity index (χ4v) is 5.88. The molecule has 46 heavy (non-hydrogen) atoms. The molecule has 0 bridgehead atoms. The van der Waals surface area contributed by atoms with Crippen LogP contribution in [0.3, 0.4) is 0 Å². The number of nitrogens with zero attached hydrogens (tertiary/aromatic N) is 3. The summed E-state index contributed by atoms with van der Waals surface area (Å²) >= 11 is 0. The number of nitrogens with one attached hydrogen (secondary N) is 2.